The second kappa shape index (κ2) is 12.4. The maximum absolute atomic E-state index is 13.8. The van der Waals surface area contributed by atoms with Gasteiger partial charge < -0.3 is 30.2 Å². The van der Waals surface area contributed by atoms with Crippen molar-refractivity contribution in [1.82, 2.24) is 25.1 Å². The van der Waals surface area contributed by atoms with Crippen molar-refractivity contribution < 1.29 is 33.0 Å². The fourth-order valence-electron chi connectivity index (χ4n) is 6.24. The monoisotopic (exact) mass is 630 g/mol. The molecule has 4 atom stereocenters. The van der Waals surface area contributed by atoms with Gasteiger partial charge in [0.05, 0.1) is 24.6 Å². The van der Waals surface area contributed by atoms with Crippen LogP contribution in [0.2, 0.25) is 0 Å². The van der Waals surface area contributed by atoms with Crippen molar-refractivity contribution in [2.45, 2.75) is 56.7 Å². The molecule has 3 heterocycles. The number of nitrogens with zero attached hydrogens (tertiary/aromatic N) is 4. The first kappa shape index (κ1) is 30.9. The van der Waals surface area contributed by atoms with Crippen LogP contribution < -0.4 is 20.5 Å². The van der Waals surface area contributed by atoms with Crippen molar-refractivity contribution in [1.29, 1.82) is 0 Å². The number of halogens is 1. The number of aldehydes is 1. The van der Waals surface area contributed by atoms with Crippen LogP contribution in [0.15, 0.2) is 48.6 Å². The van der Waals surface area contributed by atoms with E-state index in [9.17, 15) is 23.6 Å². The van der Waals surface area contributed by atoms with Crippen LogP contribution in [0.1, 0.15) is 37.7 Å². The summed E-state index contributed by atoms with van der Waals surface area (Å²) >= 11 is 0. The first-order valence-corrected chi connectivity index (χ1v) is 15.2. The second-order valence-corrected chi connectivity index (χ2v) is 11.9. The van der Waals surface area contributed by atoms with Crippen LogP contribution in [-0.2, 0) is 9.59 Å². The molecule has 0 radical (unpaired) electrons. The maximum atomic E-state index is 13.8. The van der Waals surface area contributed by atoms with Gasteiger partial charge in [-0.15, -0.1) is 0 Å². The number of imide groups is 1. The van der Waals surface area contributed by atoms with Crippen LogP contribution >= 0.6 is 0 Å². The minimum atomic E-state index is -1.05. The molecule has 6 rings (SSSR count). The van der Waals surface area contributed by atoms with E-state index in [0.717, 1.165) is 16.7 Å². The Kier molecular flexibility index (Phi) is 8.32. The van der Waals surface area contributed by atoms with E-state index in [1.807, 2.05) is 19.1 Å². The van der Waals surface area contributed by atoms with Gasteiger partial charge in [-0.2, -0.15) is 4.98 Å². The number of hydrogen-bond donors (Lipinski definition) is 2. The van der Waals surface area contributed by atoms with E-state index in [2.05, 4.69) is 10.3 Å². The summed E-state index contributed by atoms with van der Waals surface area (Å²) in [5.74, 6) is 0.0196. The Morgan fingerprint density at radius 2 is 1.93 bits per heavy atom. The quantitative estimate of drug-likeness (QED) is 0.318. The normalized spacial score (nSPS) is 25.6. The molecule has 3 N–H and O–H groups in total. The smallest absolute Gasteiger partial charge is 0.328 e. The molecule has 2 fully saturated rings. The van der Waals surface area contributed by atoms with Crippen molar-refractivity contribution >= 4 is 35.2 Å². The highest BCUT2D eigenvalue weighted by Crippen LogP contribution is 2.43. The molecule has 5 amide bonds. The fraction of sp³-hybridized carbons (Fsp3) is 0.394. The lowest BCUT2D eigenvalue weighted by molar-refractivity contribution is -0.128. The van der Waals surface area contributed by atoms with Crippen molar-refractivity contribution in [2.24, 2.45) is 11.7 Å². The lowest BCUT2D eigenvalue weighted by Gasteiger charge is -2.29. The number of fused-ring (bicyclic) bond motifs is 3. The van der Waals surface area contributed by atoms with Crippen LogP contribution in [0.25, 0.3) is 22.3 Å². The number of methoxy groups -OCH3 is 1. The van der Waals surface area contributed by atoms with Gasteiger partial charge in [-0.25, -0.2) is 23.9 Å². The molecule has 1 aliphatic carbocycles. The third-order valence-electron chi connectivity index (χ3n) is 8.94. The molecule has 13 heteroatoms. The topological polar surface area (TPSA) is 157 Å². The average molecular weight is 631 g/mol. The molecule has 3 aromatic rings. The van der Waals surface area contributed by atoms with Gasteiger partial charge in [-0.3, -0.25) is 4.79 Å². The lowest BCUT2D eigenvalue weighted by atomic mass is 10.1. The molecule has 46 heavy (non-hydrogen) atoms. The highest BCUT2D eigenvalue weighted by atomic mass is 19.1. The zero-order valence-electron chi connectivity index (χ0n) is 25.6. The van der Waals surface area contributed by atoms with Crippen LogP contribution in [-0.4, -0.2) is 81.9 Å². The SMILES string of the molecule is COc1ccc2c(OC3CC4C(=O)NC5(C=O)CC5/C=C/CCCCN(C(N)=O)C(=O)N4C3)nc(-c3ccc(F)cc3)nc2c1C. The summed E-state index contributed by atoms with van der Waals surface area (Å²) in [6.45, 7) is 1.89. The maximum Gasteiger partial charge on any atom is 0.328 e. The van der Waals surface area contributed by atoms with Gasteiger partial charge in [0.1, 0.15) is 35.5 Å². The molecular formula is C33H35FN6O6. The summed E-state index contributed by atoms with van der Waals surface area (Å²) < 4.78 is 25.7. The van der Waals surface area contributed by atoms with Crippen LogP contribution in [0.3, 0.4) is 0 Å². The molecule has 1 saturated heterocycles. The highest BCUT2D eigenvalue weighted by Gasteiger charge is 2.56. The number of benzene rings is 2. The Hall–Kier alpha value is -5.07. The molecule has 2 aromatic carbocycles. The number of allylic oxidation sites excluding steroid dienone is 1. The number of nitrogens with one attached hydrogen (secondary N) is 1. The number of primary amides is 1. The summed E-state index contributed by atoms with van der Waals surface area (Å²) in [4.78, 5) is 63.6. The van der Waals surface area contributed by atoms with Crippen molar-refractivity contribution in [3.05, 3.63) is 59.9 Å². The van der Waals surface area contributed by atoms with Gasteiger partial charge in [0.2, 0.25) is 11.8 Å². The molecule has 1 aromatic heterocycles. The zero-order chi connectivity index (χ0) is 32.6. The molecule has 0 bridgehead atoms. The number of aryl methyl sites for hydroxylation is 1. The predicted octanol–water partition coefficient (Wildman–Crippen LogP) is 3.89. The Bertz CT molecular complexity index is 1730. The van der Waals surface area contributed by atoms with E-state index in [1.165, 1.54) is 17.0 Å². The second-order valence-electron chi connectivity index (χ2n) is 11.9. The van der Waals surface area contributed by atoms with Crippen molar-refractivity contribution in [3.63, 3.8) is 0 Å². The molecule has 0 spiro atoms. The number of ether oxygens (including phenoxy) is 2. The van der Waals surface area contributed by atoms with Gasteiger partial charge in [-0.05, 0) is 69.0 Å². The Morgan fingerprint density at radius 1 is 1.15 bits per heavy atom. The Balaban J connectivity index is 1.36. The number of amides is 5. The first-order chi connectivity index (χ1) is 22.1. The van der Waals surface area contributed by atoms with Gasteiger partial charge >= 0.3 is 12.1 Å². The van der Waals surface area contributed by atoms with Crippen molar-refractivity contribution in [3.8, 4) is 23.0 Å². The minimum absolute atomic E-state index is 0.0510. The fourth-order valence-corrected chi connectivity index (χ4v) is 6.24. The number of carbonyl (C=O) groups is 4. The van der Waals surface area contributed by atoms with Gasteiger partial charge in [-0.1, -0.05) is 12.2 Å². The van der Waals surface area contributed by atoms with Crippen LogP contribution in [0.5, 0.6) is 11.6 Å². The van der Waals surface area contributed by atoms with E-state index in [-0.39, 0.29) is 37.1 Å². The molecule has 12 nitrogen and oxygen atoms in total. The lowest BCUT2D eigenvalue weighted by Crippen LogP contribution is -2.55. The molecular weight excluding hydrogens is 595 g/mol. The van der Waals surface area contributed by atoms with Gasteiger partial charge in [0, 0.05) is 30.0 Å². The van der Waals surface area contributed by atoms with Crippen LogP contribution in [0, 0.1) is 18.7 Å². The van der Waals surface area contributed by atoms with E-state index < -0.39 is 41.5 Å². The first-order valence-electron chi connectivity index (χ1n) is 15.2. The summed E-state index contributed by atoms with van der Waals surface area (Å²) in [7, 11) is 1.55. The average Bonchev–Trinajstić information content (AvgIpc) is 3.55. The molecule has 1 saturated carbocycles. The number of nitrogens with two attached hydrogens (primary N) is 1. The molecule has 2 aliphatic heterocycles. The summed E-state index contributed by atoms with van der Waals surface area (Å²) in [5, 5.41) is 3.43. The van der Waals surface area contributed by atoms with E-state index in [1.54, 1.807) is 31.4 Å². The molecule has 4 unspecified atom stereocenters. The zero-order valence-corrected chi connectivity index (χ0v) is 25.6. The number of carbonyl (C=O) groups excluding carboxylic acids is 4. The summed E-state index contributed by atoms with van der Waals surface area (Å²) in [5.41, 5.74) is 6.41. The Morgan fingerprint density at radius 3 is 2.65 bits per heavy atom. The third kappa shape index (κ3) is 5.84. The molecule has 240 valence electrons. The number of hydrogen-bond acceptors (Lipinski definition) is 8. The van der Waals surface area contributed by atoms with Crippen LogP contribution in [0.4, 0.5) is 14.0 Å². The molecule has 3 aliphatic rings. The predicted molar refractivity (Wildman–Crippen MR) is 165 cm³/mol. The minimum Gasteiger partial charge on any atom is -0.496 e. The Labute approximate surface area is 264 Å². The summed E-state index contributed by atoms with van der Waals surface area (Å²) in [6, 6.07) is 6.59. The number of rotatable bonds is 5. The largest absolute Gasteiger partial charge is 0.496 e. The van der Waals surface area contributed by atoms with E-state index >= 15 is 0 Å². The van der Waals surface area contributed by atoms with Crippen molar-refractivity contribution in [2.75, 3.05) is 20.2 Å². The standard InChI is InChI=1S/C33H35FN6O6/c1-19-26(45-2)13-12-24-27(19)36-28(20-8-10-22(34)11-9-20)37-30(24)46-23-15-25-29(42)38-33(18-41)16-21(33)7-5-3-4-6-14-39(31(35)43)32(44)40(25)17-23/h5,7-13,18,21,23,25H,3-4,6,14-17H2,1-2H3,(H2,35,43)(H,38,42)/b7-5+. The third-order valence-corrected chi connectivity index (χ3v) is 8.94. The van der Waals surface area contributed by atoms with Gasteiger partial charge in [0.15, 0.2) is 5.82 Å². The number of urea groups is 2. The van der Waals surface area contributed by atoms with E-state index in [0.29, 0.717) is 47.9 Å². The summed E-state index contributed by atoms with van der Waals surface area (Å²) in [6.07, 6.45) is 6.37. The van der Waals surface area contributed by atoms with Gasteiger partial charge in [0.25, 0.3) is 0 Å². The highest BCUT2D eigenvalue weighted by molar-refractivity contribution is 5.97. The van der Waals surface area contributed by atoms with E-state index in [4.69, 9.17) is 20.2 Å². The number of aromatic nitrogens is 2.